The lowest BCUT2D eigenvalue weighted by Gasteiger charge is -2.34. The van der Waals surface area contributed by atoms with Crippen LogP contribution in [0.3, 0.4) is 0 Å². The van der Waals surface area contributed by atoms with Gasteiger partial charge < -0.3 is 10.1 Å². The van der Waals surface area contributed by atoms with Crippen molar-refractivity contribution in [3.8, 4) is 17.0 Å². The number of methoxy groups -OCH3 is 1. The van der Waals surface area contributed by atoms with Crippen LogP contribution in [0.4, 0.5) is 11.6 Å². The van der Waals surface area contributed by atoms with Crippen molar-refractivity contribution in [2.24, 2.45) is 11.0 Å². The SMILES string of the molecule is COc1ccc(N(C(=O)c2cc(-c3ccccc3)nc(N=[N+]=[N-])n2)C(CC(C)C)C(=O)NC2CCCCC2)cc1. The van der Waals surface area contributed by atoms with Crippen LogP contribution in [0.5, 0.6) is 5.75 Å². The fourth-order valence-electron chi connectivity index (χ4n) is 5.01. The third-order valence-corrected chi connectivity index (χ3v) is 6.97. The second-order valence-electron chi connectivity index (χ2n) is 10.4. The van der Waals surface area contributed by atoms with Crippen LogP contribution >= 0.6 is 0 Å². The number of hydrogen-bond acceptors (Lipinski definition) is 6. The Labute approximate surface area is 234 Å². The summed E-state index contributed by atoms with van der Waals surface area (Å²) in [4.78, 5) is 41.1. The fourth-order valence-corrected chi connectivity index (χ4v) is 5.01. The predicted octanol–water partition coefficient (Wildman–Crippen LogP) is 6.60. The van der Waals surface area contributed by atoms with E-state index in [0.717, 1.165) is 31.2 Å². The molecule has 1 saturated carbocycles. The van der Waals surface area contributed by atoms with Crippen LogP contribution in [0.1, 0.15) is 62.9 Å². The van der Waals surface area contributed by atoms with E-state index in [0.29, 0.717) is 23.6 Å². The highest BCUT2D eigenvalue weighted by Gasteiger charge is 2.34. The fraction of sp³-hybridized carbons (Fsp3) is 0.400. The van der Waals surface area contributed by atoms with E-state index in [1.165, 1.54) is 11.3 Å². The molecule has 1 unspecified atom stereocenters. The van der Waals surface area contributed by atoms with Crippen LogP contribution in [-0.2, 0) is 4.79 Å². The molecule has 1 heterocycles. The van der Waals surface area contributed by atoms with Gasteiger partial charge in [0.2, 0.25) is 11.9 Å². The van der Waals surface area contributed by atoms with Crippen molar-refractivity contribution in [1.29, 1.82) is 0 Å². The summed E-state index contributed by atoms with van der Waals surface area (Å²) in [6.45, 7) is 4.05. The summed E-state index contributed by atoms with van der Waals surface area (Å²) in [6.07, 6.45) is 5.62. The lowest BCUT2D eigenvalue weighted by atomic mass is 9.94. The average Bonchev–Trinajstić information content (AvgIpc) is 2.98. The number of aromatic nitrogens is 2. The molecule has 208 valence electrons. The van der Waals surface area contributed by atoms with Crippen molar-refractivity contribution in [2.45, 2.75) is 64.5 Å². The van der Waals surface area contributed by atoms with E-state index in [4.69, 9.17) is 10.3 Å². The number of ether oxygens (including phenoxy) is 1. The zero-order valence-electron chi connectivity index (χ0n) is 23.2. The number of amides is 2. The third-order valence-electron chi connectivity index (χ3n) is 6.97. The molecule has 3 aromatic rings. The molecule has 2 amide bonds. The van der Waals surface area contributed by atoms with E-state index >= 15 is 0 Å². The number of rotatable bonds is 10. The highest BCUT2D eigenvalue weighted by atomic mass is 16.5. The number of hydrogen-bond donors (Lipinski definition) is 1. The van der Waals surface area contributed by atoms with Gasteiger partial charge in [0.05, 0.1) is 12.8 Å². The zero-order chi connectivity index (χ0) is 28.5. The maximum Gasteiger partial charge on any atom is 0.277 e. The predicted molar refractivity (Wildman–Crippen MR) is 154 cm³/mol. The second-order valence-corrected chi connectivity index (χ2v) is 10.4. The summed E-state index contributed by atoms with van der Waals surface area (Å²) < 4.78 is 5.32. The van der Waals surface area contributed by atoms with Gasteiger partial charge in [-0.25, -0.2) is 9.97 Å². The van der Waals surface area contributed by atoms with Gasteiger partial charge in [-0.1, -0.05) is 63.4 Å². The second kappa shape index (κ2) is 13.6. The van der Waals surface area contributed by atoms with Crippen LogP contribution < -0.4 is 15.0 Å². The molecule has 4 rings (SSSR count). The standard InChI is InChI=1S/C30H35N7O3/c1-20(2)18-27(28(38)32-22-12-8-5-9-13-22)37(23-14-16-24(40-3)17-15-23)29(39)26-19-25(21-10-6-4-7-11-21)33-30(34-26)35-36-31/h4,6-7,10-11,14-17,19-20,22,27H,5,8-9,12-13,18H2,1-3H3,(H,32,38). The van der Waals surface area contributed by atoms with Crippen molar-refractivity contribution in [2.75, 3.05) is 12.0 Å². The molecule has 0 saturated heterocycles. The Kier molecular flexibility index (Phi) is 9.70. The quantitative estimate of drug-likeness (QED) is 0.175. The van der Waals surface area contributed by atoms with Crippen molar-refractivity contribution in [3.05, 3.63) is 76.8 Å². The first-order chi connectivity index (χ1) is 19.4. The Morgan fingerprint density at radius 3 is 2.40 bits per heavy atom. The molecule has 0 aliphatic heterocycles. The third kappa shape index (κ3) is 7.15. The summed E-state index contributed by atoms with van der Waals surface area (Å²) >= 11 is 0. The van der Waals surface area contributed by atoms with Crippen molar-refractivity contribution >= 4 is 23.5 Å². The van der Waals surface area contributed by atoms with Crippen LogP contribution in [0.15, 0.2) is 65.8 Å². The Balaban J connectivity index is 1.80. The number of carbonyl (C=O) groups excluding carboxylic acids is 2. The molecular weight excluding hydrogens is 506 g/mol. The minimum Gasteiger partial charge on any atom is -0.497 e. The first kappa shape index (κ1) is 28.6. The van der Waals surface area contributed by atoms with Gasteiger partial charge in [-0.15, -0.1) is 0 Å². The normalized spacial score (nSPS) is 14.2. The Morgan fingerprint density at radius 1 is 1.07 bits per heavy atom. The number of anilines is 1. The Hall–Kier alpha value is -4.43. The monoisotopic (exact) mass is 541 g/mol. The van der Waals surface area contributed by atoms with Gasteiger partial charge in [0.15, 0.2) is 0 Å². The molecule has 0 spiro atoms. The molecular formula is C30H35N7O3. The summed E-state index contributed by atoms with van der Waals surface area (Å²) in [5, 5.41) is 6.80. The molecule has 1 aliphatic carbocycles. The summed E-state index contributed by atoms with van der Waals surface area (Å²) in [7, 11) is 1.57. The van der Waals surface area contributed by atoms with E-state index < -0.39 is 11.9 Å². The highest BCUT2D eigenvalue weighted by Crippen LogP contribution is 2.28. The van der Waals surface area contributed by atoms with E-state index in [1.54, 1.807) is 37.4 Å². The van der Waals surface area contributed by atoms with E-state index in [1.807, 2.05) is 44.2 Å². The number of carbonyl (C=O) groups is 2. The van der Waals surface area contributed by atoms with E-state index in [9.17, 15) is 9.59 Å². The number of nitrogens with zero attached hydrogens (tertiary/aromatic N) is 6. The molecule has 1 atom stereocenters. The molecule has 10 heteroatoms. The average molecular weight is 542 g/mol. The molecule has 1 fully saturated rings. The minimum atomic E-state index is -0.791. The van der Waals surface area contributed by atoms with Gasteiger partial charge in [0.25, 0.3) is 5.91 Å². The molecule has 1 aliphatic rings. The molecule has 0 radical (unpaired) electrons. The smallest absolute Gasteiger partial charge is 0.277 e. The van der Waals surface area contributed by atoms with Crippen LogP contribution in [0.2, 0.25) is 0 Å². The van der Waals surface area contributed by atoms with Gasteiger partial charge >= 0.3 is 0 Å². The summed E-state index contributed by atoms with van der Waals surface area (Å²) in [5.41, 5.74) is 10.8. The molecule has 1 aromatic heterocycles. The maximum absolute atomic E-state index is 14.3. The summed E-state index contributed by atoms with van der Waals surface area (Å²) in [5.74, 6) is -0.114. The van der Waals surface area contributed by atoms with Crippen molar-refractivity contribution in [3.63, 3.8) is 0 Å². The van der Waals surface area contributed by atoms with E-state index in [-0.39, 0.29) is 29.5 Å². The number of benzene rings is 2. The molecule has 1 N–H and O–H groups in total. The van der Waals surface area contributed by atoms with Gasteiger partial charge in [-0.05, 0) is 66.2 Å². The van der Waals surface area contributed by atoms with Gasteiger partial charge in [-0.2, -0.15) is 0 Å². The van der Waals surface area contributed by atoms with Crippen LogP contribution in [0.25, 0.3) is 21.7 Å². The largest absolute Gasteiger partial charge is 0.497 e. The zero-order valence-corrected chi connectivity index (χ0v) is 23.2. The van der Waals surface area contributed by atoms with Crippen LogP contribution in [0, 0.1) is 5.92 Å². The number of nitrogens with one attached hydrogen (secondary N) is 1. The van der Waals surface area contributed by atoms with Gasteiger partial charge in [-0.3, -0.25) is 14.5 Å². The topological polar surface area (TPSA) is 133 Å². The van der Waals surface area contributed by atoms with Crippen molar-refractivity contribution < 1.29 is 14.3 Å². The van der Waals surface area contributed by atoms with Crippen LogP contribution in [-0.4, -0.2) is 41.0 Å². The van der Waals surface area contributed by atoms with Crippen molar-refractivity contribution in [1.82, 2.24) is 15.3 Å². The summed E-state index contributed by atoms with van der Waals surface area (Å²) in [6, 6.07) is 17.1. The number of azide groups is 1. The molecule has 2 aromatic carbocycles. The van der Waals surface area contributed by atoms with Gasteiger partial charge in [0, 0.05) is 22.2 Å². The molecule has 40 heavy (non-hydrogen) atoms. The first-order valence-electron chi connectivity index (χ1n) is 13.7. The first-order valence-corrected chi connectivity index (χ1v) is 13.7. The minimum absolute atomic E-state index is 0.0197. The van der Waals surface area contributed by atoms with Gasteiger partial charge in [0.1, 0.15) is 17.5 Å². The Morgan fingerprint density at radius 2 is 1.77 bits per heavy atom. The lowest BCUT2D eigenvalue weighted by Crippen LogP contribution is -2.53. The Bertz CT molecular complexity index is 1350. The molecule has 10 nitrogen and oxygen atoms in total. The maximum atomic E-state index is 14.3. The molecule has 0 bridgehead atoms. The van der Waals surface area contributed by atoms with E-state index in [2.05, 4.69) is 25.3 Å². The lowest BCUT2D eigenvalue weighted by molar-refractivity contribution is -0.123. The highest BCUT2D eigenvalue weighted by molar-refractivity contribution is 6.09.